The summed E-state index contributed by atoms with van der Waals surface area (Å²) in [5.74, 6) is -0.589. The minimum Gasteiger partial charge on any atom is -0.384 e. The zero-order valence-electron chi connectivity index (χ0n) is 20.8. The first kappa shape index (κ1) is 27.0. The van der Waals surface area contributed by atoms with E-state index in [1.165, 1.54) is 6.08 Å². The average Bonchev–Trinajstić information content (AvgIpc) is 2.66. The molecule has 0 bridgehead atoms. The number of pyridine rings is 1. The monoisotopic (exact) mass is 439 g/mol. The van der Waals surface area contributed by atoms with E-state index in [0.29, 0.717) is 5.70 Å². The minimum absolute atomic E-state index is 0.0149. The molecule has 0 aromatic carbocycles. The van der Waals surface area contributed by atoms with Crippen LogP contribution in [0.3, 0.4) is 0 Å². The predicted octanol–water partition coefficient (Wildman–Crippen LogP) is 6.18. The molecule has 3 N–H and O–H groups in total. The second kappa shape index (κ2) is 11.5. The number of allylic oxidation sites excluding steroid dienone is 5. The molecule has 0 radical (unpaired) electrons. The van der Waals surface area contributed by atoms with Crippen molar-refractivity contribution in [3.63, 3.8) is 0 Å². The molecule has 0 aliphatic rings. The van der Waals surface area contributed by atoms with E-state index in [4.69, 9.17) is 0 Å². The van der Waals surface area contributed by atoms with Crippen LogP contribution in [0, 0.1) is 30.6 Å². The Balaban J connectivity index is 2.83. The van der Waals surface area contributed by atoms with Crippen LogP contribution in [0.15, 0.2) is 60.0 Å². The Kier molecular flexibility index (Phi) is 9.71. The summed E-state index contributed by atoms with van der Waals surface area (Å²) in [4.78, 5) is 4.30. The van der Waals surface area contributed by atoms with Gasteiger partial charge >= 0.3 is 0 Å². The molecular weight excluding hydrogens is 401 g/mol. The molecular formula is C26H38FN5. The van der Waals surface area contributed by atoms with E-state index in [-0.39, 0.29) is 28.8 Å². The summed E-state index contributed by atoms with van der Waals surface area (Å²) in [6, 6.07) is 3.89. The molecule has 0 saturated carbocycles. The summed E-state index contributed by atoms with van der Waals surface area (Å²) in [5, 5.41) is 19.1. The zero-order valence-corrected chi connectivity index (χ0v) is 20.8. The lowest BCUT2D eigenvalue weighted by Gasteiger charge is -2.28. The Hall–Kier alpha value is -3.07. The van der Waals surface area contributed by atoms with E-state index in [1.54, 1.807) is 13.1 Å². The van der Waals surface area contributed by atoms with Gasteiger partial charge in [-0.25, -0.2) is 4.39 Å². The lowest BCUT2D eigenvalue weighted by molar-refractivity contribution is 0.379. The summed E-state index contributed by atoms with van der Waals surface area (Å²) < 4.78 is 14.8. The summed E-state index contributed by atoms with van der Waals surface area (Å²) in [5.41, 5.74) is 4.63. The maximum Gasteiger partial charge on any atom is 0.147 e. The highest BCUT2D eigenvalue weighted by atomic mass is 19.1. The van der Waals surface area contributed by atoms with Gasteiger partial charge in [0.2, 0.25) is 0 Å². The van der Waals surface area contributed by atoms with Crippen LogP contribution in [-0.2, 0) is 0 Å². The largest absolute Gasteiger partial charge is 0.384 e. The van der Waals surface area contributed by atoms with Crippen molar-refractivity contribution in [2.45, 2.75) is 73.9 Å². The molecule has 0 aliphatic heterocycles. The van der Waals surface area contributed by atoms with Gasteiger partial charge in [0.25, 0.3) is 0 Å². The van der Waals surface area contributed by atoms with Gasteiger partial charge in [-0.15, -0.1) is 0 Å². The topological polar surface area (TPSA) is 72.8 Å². The van der Waals surface area contributed by atoms with E-state index < -0.39 is 5.83 Å². The van der Waals surface area contributed by atoms with Crippen LogP contribution in [0.4, 0.5) is 10.1 Å². The fourth-order valence-electron chi connectivity index (χ4n) is 3.04. The Morgan fingerprint density at radius 1 is 1.22 bits per heavy atom. The summed E-state index contributed by atoms with van der Waals surface area (Å²) in [7, 11) is 0. The number of nitrogens with zero attached hydrogens (tertiary/aromatic N) is 2. The number of hydrogen-bond acceptors (Lipinski definition) is 5. The third kappa shape index (κ3) is 8.97. The molecule has 2 atom stereocenters. The lowest BCUT2D eigenvalue weighted by Crippen LogP contribution is -2.43. The summed E-state index contributed by atoms with van der Waals surface area (Å²) in [6.45, 7) is 23.9. The number of rotatable bonds is 10. The Morgan fingerprint density at radius 2 is 1.81 bits per heavy atom. The van der Waals surface area contributed by atoms with Gasteiger partial charge in [0.05, 0.1) is 23.2 Å². The van der Waals surface area contributed by atoms with Gasteiger partial charge in [0.15, 0.2) is 0 Å². The van der Waals surface area contributed by atoms with E-state index in [0.717, 1.165) is 29.1 Å². The average molecular weight is 440 g/mol. The SMILES string of the molecule is C=C(CC(C)(C)C)N[C@@H](C)C(C)NC(=C)/C(F)=C\C(C#N)=C(/C)Nc1cnc(C)c(C)c1. The fourth-order valence-corrected chi connectivity index (χ4v) is 3.04. The standard InChI is InChI=1S/C26H38FN5/c1-16-11-24(15-29-18(16)3)32-21(6)23(14-28)12-25(27)22(7)31-20(5)19(4)30-17(2)13-26(8,9)10/h11-12,15,19-20,30-32H,2,7,13H2,1,3-6,8-10H3/b23-21-,25-12+/t19-,20?/m0/s1. The van der Waals surface area contributed by atoms with Gasteiger partial charge in [0.1, 0.15) is 11.9 Å². The fraction of sp³-hybridized carbons (Fsp3) is 0.462. The van der Waals surface area contributed by atoms with Crippen molar-refractivity contribution in [1.82, 2.24) is 15.6 Å². The van der Waals surface area contributed by atoms with Gasteiger partial charge < -0.3 is 16.0 Å². The smallest absolute Gasteiger partial charge is 0.147 e. The number of nitriles is 1. The van der Waals surface area contributed by atoms with E-state index >= 15 is 0 Å². The Bertz CT molecular complexity index is 944. The molecule has 0 saturated heterocycles. The molecule has 174 valence electrons. The van der Waals surface area contributed by atoms with Crippen molar-refractivity contribution in [2.75, 3.05) is 5.32 Å². The quantitative estimate of drug-likeness (QED) is 0.300. The van der Waals surface area contributed by atoms with Crippen molar-refractivity contribution in [3.05, 3.63) is 71.2 Å². The van der Waals surface area contributed by atoms with Crippen LogP contribution in [0.2, 0.25) is 0 Å². The molecule has 1 aromatic heterocycles. The molecule has 5 nitrogen and oxygen atoms in total. The van der Waals surface area contributed by atoms with Gasteiger partial charge in [-0.05, 0) is 64.2 Å². The first-order chi connectivity index (χ1) is 14.7. The van der Waals surface area contributed by atoms with Crippen molar-refractivity contribution in [2.24, 2.45) is 5.41 Å². The van der Waals surface area contributed by atoms with Crippen LogP contribution in [0.1, 0.15) is 59.2 Å². The van der Waals surface area contributed by atoms with Crippen LogP contribution in [-0.4, -0.2) is 17.1 Å². The maximum atomic E-state index is 14.8. The highest BCUT2D eigenvalue weighted by Gasteiger charge is 2.18. The van der Waals surface area contributed by atoms with Crippen molar-refractivity contribution in [1.29, 1.82) is 5.26 Å². The van der Waals surface area contributed by atoms with Crippen molar-refractivity contribution >= 4 is 5.69 Å². The zero-order chi connectivity index (χ0) is 24.6. The molecule has 0 spiro atoms. The number of aromatic nitrogens is 1. The van der Waals surface area contributed by atoms with E-state index in [1.807, 2.05) is 39.8 Å². The third-order valence-corrected chi connectivity index (χ3v) is 5.08. The van der Waals surface area contributed by atoms with Crippen LogP contribution >= 0.6 is 0 Å². The second-order valence-electron chi connectivity index (χ2n) is 9.58. The molecule has 32 heavy (non-hydrogen) atoms. The van der Waals surface area contributed by atoms with Gasteiger partial charge in [-0.1, -0.05) is 33.9 Å². The Morgan fingerprint density at radius 3 is 2.34 bits per heavy atom. The molecule has 1 unspecified atom stereocenters. The lowest BCUT2D eigenvalue weighted by atomic mass is 9.90. The van der Waals surface area contributed by atoms with E-state index in [9.17, 15) is 9.65 Å². The van der Waals surface area contributed by atoms with Crippen molar-refractivity contribution < 1.29 is 4.39 Å². The highest BCUT2D eigenvalue weighted by molar-refractivity contribution is 5.53. The summed E-state index contributed by atoms with van der Waals surface area (Å²) >= 11 is 0. The number of aryl methyl sites for hydroxylation is 2. The number of anilines is 1. The molecule has 1 aromatic rings. The number of hydrogen-bond donors (Lipinski definition) is 3. The van der Waals surface area contributed by atoms with Crippen LogP contribution in [0.25, 0.3) is 0 Å². The predicted molar refractivity (Wildman–Crippen MR) is 132 cm³/mol. The molecule has 0 amide bonds. The number of nitrogens with one attached hydrogen (secondary N) is 3. The molecule has 0 fully saturated rings. The van der Waals surface area contributed by atoms with Gasteiger partial charge in [-0.2, -0.15) is 5.26 Å². The van der Waals surface area contributed by atoms with Gasteiger partial charge in [0, 0.05) is 29.2 Å². The van der Waals surface area contributed by atoms with Crippen LogP contribution in [0.5, 0.6) is 0 Å². The minimum atomic E-state index is -0.589. The van der Waals surface area contributed by atoms with Crippen LogP contribution < -0.4 is 16.0 Å². The molecule has 1 rings (SSSR count). The number of halogens is 1. The molecule has 1 heterocycles. The normalized spacial score (nSPS) is 14.6. The van der Waals surface area contributed by atoms with E-state index in [2.05, 4.69) is 54.9 Å². The maximum absolute atomic E-state index is 14.8. The highest BCUT2D eigenvalue weighted by Crippen LogP contribution is 2.22. The van der Waals surface area contributed by atoms with Crippen molar-refractivity contribution in [3.8, 4) is 6.07 Å². The Labute approximate surface area is 193 Å². The second-order valence-corrected chi connectivity index (χ2v) is 9.58. The van der Waals surface area contributed by atoms with Gasteiger partial charge in [-0.3, -0.25) is 4.98 Å². The third-order valence-electron chi connectivity index (χ3n) is 5.08. The summed E-state index contributed by atoms with van der Waals surface area (Å²) in [6.07, 6.45) is 3.72. The molecule has 0 aliphatic carbocycles. The first-order valence-corrected chi connectivity index (χ1v) is 10.8. The molecule has 6 heteroatoms. The first-order valence-electron chi connectivity index (χ1n) is 10.8.